The molecule has 3 rings (SSSR count). The number of anilines is 2. The number of ether oxygens (including phenoxy) is 1. The number of hydrogen-bond donors (Lipinski definition) is 2. The summed E-state index contributed by atoms with van der Waals surface area (Å²) < 4.78 is 17.8. The summed E-state index contributed by atoms with van der Waals surface area (Å²) in [6.45, 7) is 0. The first kappa shape index (κ1) is 17.4. The SMILES string of the molecule is COC(=O)Nc1ccc(NC(=O)[C@@H]2CC(c3cccc(F)c3)=NO2)cc1. The summed E-state index contributed by atoms with van der Waals surface area (Å²) in [5.74, 6) is -0.743. The number of oxime groups is 1. The van der Waals surface area contributed by atoms with Gasteiger partial charge < -0.3 is 14.9 Å². The Morgan fingerprint density at radius 3 is 2.50 bits per heavy atom. The van der Waals surface area contributed by atoms with Crippen LogP contribution in [0.4, 0.5) is 20.6 Å². The molecule has 2 N–H and O–H groups in total. The van der Waals surface area contributed by atoms with Gasteiger partial charge in [0.15, 0.2) is 0 Å². The minimum absolute atomic E-state index is 0.247. The zero-order chi connectivity index (χ0) is 18.5. The molecule has 2 aromatic rings. The predicted octanol–water partition coefficient (Wildman–Crippen LogP) is 3.14. The fourth-order valence-electron chi connectivity index (χ4n) is 2.39. The first-order valence-electron chi connectivity index (χ1n) is 7.79. The summed E-state index contributed by atoms with van der Waals surface area (Å²) in [6.07, 6.45) is -1.12. The Labute approximate surface area is 148 Å². The third-order valence-corrected chi connectivity index (χ3v) is 3.70. The van der Waals surface area contributed by atoms with Crippen molar-refractivity contribution in [3.05, 3.63) is 59.9 Å². The molecule has 2 amide bonds. The second kappa shape index (κ2) is 7.64. The Kier molecular flexibility index (Phi) is 5.12. The molecule has 0 aliphatic carbocycles. The summed E-state index contributed by atoms with van der Waals surface area (Å²) in [4.78, 5) is 28.6. The van der Waals surface area contributed by atoms with Crippen LogP contribution < -0.4 is 10.6 Å². The predicted molar refractivity (Wildman–Crippen MR) is 93.5 cm³/mol. The Balaban J connectivity index is 1.57. The standard InChI is InChI=1S/C18H16FN3O4/c1-25-18(24)21-14-7-5-13(6-8-14)20-17(23)16-10-15(22-26-16)11-3-2-4-12(19)9-11/h2-9,16H,10H2,1H3,(H,20,23)(H,21,24)/t16-/m0/s1. The van der Waals surface area contributed by atoms with E-state index in [1.54, 1.807) is 36.4 Å². The minimum Gasteiger partial charge on any atom is -0.453 e. The lowest BCUT2D eigenvalue weighted by molar-refractivity contribution is -0.125. The molecule has 134 valence electrons. The van der Waals surface area contributed by atoms with Gasteiger partial charge in [0.05, 0.1) is 12.8 Å². The van der Waals surface area contributed by atoms with Crippen molar-refractivity contribution in [2.75, 3.05) is 17.7 Å². The molecule has 0 radical (unpaired) electrons. The second-order valence-corrected chi connectivity index (χ2v) is 5.53. The van der Waals surface area contributed by atoms with Crippen molar-refractivity contribution in [2.45, 2.75) is 12.5 Å². The summed E-state index contributed by atoms with van der Waals surface area (Å²) in [6, 6.07) is 12.5. The number of methoxy groups -OCH3 is 1. The van der Waals surface area contributed by atoms with Crippen LogP contribution in [0.2, 0.25) is 0 Å². The van der Waals surface area contributed by atoms with Crippen molar-refractivity contribution in [3.63, 3.8) is 0 Å². The maximum atomic E-state index is 13.3. The van der Waals surface area contributed by atoms with Gasteiger partial charge in [-0.25, -0.2) is 9.18 Å². The van der Waals surface area contributed by atoms with E-state index >= 15 is 0 Å². The Bertz CT molecular complexity index is 852. The van der Waals surface area contributed by atoms with E-state index in [1.807, 2.05) is 0 Å². The van der Waals surface area contributed by atoms with E-state index in [1.165, 1.54) is 19.2 Å². The van der Waals surface area contributed by atoms with Crippen LogP contribution in [0.25, 0.3) is 0 Å². The van der Waals surface area contributed by atoms with Gasteiger partial charge in [-0.05, 0) is 36.4 Å². The average molecular weight is 357 g/mol. The van der Waals surface area contributed by atoms with Crippen LogP contribution in [0.3, 0.4) is 0 Å². The van der Waals surface area contributed by atoms with Gasteiger partial charge in [-0.15, -0.1) is 0 Å². The van der Waals surface area contributed by atoms with Gasteiger partial charge >= 0.3 is 6.09 Å². The van der Waals surface area contributed by atoms with E-state index in [0.29, 0.717) is 22.6 Å². The van der Waals surface area contributed by atoms with Crippen LogP contribution in [-0.2, 0) is 14.4 Å². The molecule has 0 unspecified atom stereocenters. The molecule has 0 aromatic heterocycles. The molecular weight excluding hydrogens is 341 g/mol. The molecule has 0 saturated carbocycles. The van der Waals surface area contributed by atoms with Crippen LogP contribution in [0, 0.1) is 5.82 Å². The lowest BCUT2D eigenvalue weighted by atomic mass is 10.0. The maximum Gasteiger partial charge on any atom is 0.411 e. The van der Waals surface area contributed by atoms with Gasteiger partial charge in [0.1, 0.15) is 5.82 Å². The molecule has 0 saturated heterocycles. The van der Waals surface area contributed by atoms with Gasteiger partial charge in [0.2, 0.25) is 6.10 Å². The fraction of sp³-hybridized carbons (Fsp3) is 0.167. The Hall–Kier alpha value is -3.42. The van der Waals surface area contributed by atoms with Gasteiger partial charge in [-0.3, -0.25) is 10.1 Å². The zero-order valence-corrected chi connectivity index (χ0v) is 13.9. The molecule has 0 bridgehead atoms. The number of nitrogens with zero attached hydrogens (tertiary/aromatic N) is 1. The van der Waals surface area contributed by atoms with E-state index in [2.05, 4.69) is 20.5 Å². The Morgan fingerprint density at radius 1 is 1.15 bits per heavy atom. The van der Waals surface area contributed by atoms with Gasteiger partial charge in [-0.1, -0.05) is 17.3 Å². The van der Waals surface area contributed by atoms with Crippen LogP contribution in [0.1, 0.15) is 12.0 Å². The number of carbonyl (C=O) groups excluding carboxylic acids is 2. The van der Waals surface area contributed by atoms with Crippen molar-refractivity contribution in [1.29, 1.82) is 0 Å². The van der Waals surface area contributed by atoms with Gasteiger partial charge in [-0.2, -0.15) is 0 Å². The third kappa shape index (κ3) is 4.15. The highest BCUT2D eigenvalue weighted by Gasteiger charge is 2.29. The number of amides is 2. The highest BCUT2D eigenvalue weighted by Crippen LogP contribution is 2.20. The zero-order valence-electron chi connectivity index (χ0n) is 13.9. The lowest BCUT2D eigenvalue weighted by Gasteiger charge is -2.10. The largest absolute Gasteiger partial charge is 0.453 e. The molecule has 1 heterocycles. The van der Waals surface area contributed by atoms with Gasteiger partial charge in [0.25, 0.3) is 5.91 Å². The molecule has 2 aromatic carbocycles. The average Bonchev–Trinajstić information content (AvgIpc) is 3.13. The summed E-state index contributed by atoms with van der Waals surface area (Å²) in [7, 11) is 1.27. The van der Waals surface area contributed by atoms with Crippen LogP contribution >= 0.6 is 0 Å². The van der Waals surface area contributed by atoms with E-state index in [0.717, 1.165) is 0 Å². The summed E-state index contributed by atoms with van der Waals surface area (Å²) in [5, 5.41) is 9.09. The van der Waals surface area contributed by atoms with Crippen molar-refractivity contribution in [3.8, 4) is 0 Å². The maximum absolute atomic E-state index is 13.3. The lowest BCUT2D eigenvalue weighted by Crippen LogP contribution is -2.28. The van der Waals surface area contributed by atoms with Crippen LogP contribution in [0.15, 0.2) is 53.7 Å². The monoisotopic (exact) mass is 357 g/mol. The molecule has 26 heavy (non-hydrogen) atoms. The van der Waals surface area contributed by atoms with Crippen molar-refractivity contribution in [2.24, 2.45) is 5.16 Å². The third-order valence-electron chi connectivity index (χ3n) is 3.70. The number of hydrogen-bond acceptors (Lipinski definition) is 5. The number of carbonyl (C=O) groups is 2. The van der Waals surface area contributed by atoms with E-state index in [4.69, 9.17) is 4.84 Å². The van der Waals surface area contributed by atoms with E-state index in [9.17, 15) is 14.0 Å². The van der Waals surface area contributed by atoms with Crippen molar-refractivity contribution in [1.82, 2.24) is 0 Å². The quantitative estimate of drug-likeness (QED) is 0.880. The minimum atomic E-state index is -0.791. The number of rotatable bonds is 4. The molecule has 1 atom stereocenters. The molecule has 1 aliphatic heterocycles. The van der Waals surface area contributed by atoms with Gasteiger partial charge in [0, 0.05) is 23.4 Å². The Morgan fingerprint density at radius 2 is 1.85 bits per heavy atom. The molecule has 8 heteroatoms. The summed E-state index contributed by atoms with van der Waals surface area (Å²) >= 11 is 0. The first-order valence-corrected chi connectivity index (χ1v) is 7.79. The van der Waals surface area contributed by atoms with Crippen LogP contribution in [-0.4, -0.2) is 30.9 Å². The van der Waals surface area contributed by atoms with Crippen molar-refractivity contribution < 1.29 is 23.6 Å². The second-order valence-electron chi connectivity index (χ2n) is 5.53. The molecule has 1 aliphatic rings. The molecule has 7 nitrogen and oxygen atoms in total. The smallest absolute Gasteiger partial charge is 0.411 e. The van der Waals surface area contributed by atoms with Crippen LogP contribution in [0.5, 0.6) is 0 Å². The van der Waals surface area contributed by atoms with Crippen molar-refractivity contribution >= 4 is 29.1 Å². The highest BCUT2D eigenvalue weighted by atomic mass is 19.1. The van der Waals surface area contributed by atoms with E-state index < -0.39 is 12.2 Å². The topological polar surface area (TPSA) is 89.0 Å². The molecule has 0 fully saturated rings. The fourth-order valence-corrected chi connectivity index (χ4v) is 2.39. The van der Waals surface area contributed by atoms with E-state index in [-0.39, 0.29) is 18.1 Å². The first-order chi connectivity index (χ1) is 12.5. The number of nitrogens with one attached hydrogen (secondary N) is 2. The highest BCUT2D eigenvalue weighted by molar-refractivity contribution is 6.06. The number of benzene rings is 2. The molecule has 0 spiro atoms. The normalized spacial score (nSPS) is 15.6. The summed E-state index contributed by atoms with van der Waals surface area (Å²) in [5.41, 5.74) is 2.16. The molecular formula is C18H16FN3O4. The number of halogens is 1.